The molecule has 0 radical (unpaired) electrons. The van der Waals surface area contributed by atoms with Gasteiger partial charge in [-0.15, -0.1) is 0 Å². The molecule has 0 amide bonds. The first-order valence-electron chi connectivity index (χ1n) is 16.9. The summed E-state index contributed by atoms with van der Waals surface area (Å²) in [5.41, 5.74) is 0. The minimum atomic E-state index is 0.550. The van der Waals surface area contributed by atoms with Gasteiger partial charge in [0.1, 0.15) is 0 Å². The van der Waals surface area contributed by atoms with Crippen molar-refractivity contribution in [3.8, 4) is 0 Å². The predicted octanol–water partition coefficient (Wildman–Crippen LogP) is 9.53. The van der Waals surface area contributed by atoms with E-state index in [1.54, 1.807) is 0 Å². The largest absolute Gasteiger partial charge is 0.400 e. The van der Waals surface area contributed by atoms with Crippen molar-refractivity contribution in [2.45, 2.75) is 147 Å². The molecule has 5 rings (SSSR count). The third-order valence-electron chi connectivity index (χ3n) is 11.7. The zero-order valence-corrected chi connectivity index (χ0v) is 25.7. The fraction of sp³-hybridized carbons (Fsp3) is 1.00. The van der Waals surface area contributed by atoms with E-state index < -0.39 is 0 Å². The van der Waals surface area contributed by atoms with Crippen molar-refractivity contribution >= 4 is 11.8 Å². The molecular weight excluding hydrogens is 472 g/mol. The summed E-state index contributed by atoms with van der Waals surface area (Å²) in [6, 6.07) is 0. The van der Waals surface area contributed by atoms with Gasteiger partial charge in [0.2, 0.25) is 0 Å². The summed E-state index contributed by atoms with van der Waals surface area (Å²) in [5, 5.41) is 7.92. The average Bonchev–Trinajstić information content (AvgIpc) is 3.02. The van der Waals surface area contributed by atoms with Crippen LogP contribution in [-0.2, 0) is 4.74 Å². The van der Waals surface area contributed by atoms with Gasteiger partial charge < -0.3 is 9.84 Å². The lowest BCUT2D eigenvalue weighted by atomic mass is 9.58. The highest BCUT2D eigenvalue weighted by molar-refractivity contribution is 7.99. The Hall–Kier alpha value is 0.270. The van der Waals surface area contributed by atoms with Gasteiger partial charge >= 0.3 is 0 Å². The summed E-state index contributed by atoms with van der Waals surface area (Å²) >= 11 is 2.46. The van der Waals surface area contributed by atoms with Crippen LogP contribution in [0.2, 0.25) is 0 Å². The lowest BCUT2D eigenvalue weighted by Crippen LogP contribution is -2.48. The van der Waals surface area contributed by atoms with Crippen LogP contribution in [0.3, 0.4) is 0 Å². The molecule has 216 valence electrons. The van der Waals surface area contributed by atoms with Gasteiger partial charge in [-0.05, 0) is 91.6 Å². The van der Waals surface area contributed by atoms with Gasteiger partial charge in [0, 0.05) is 12.4 Å². The molecule has 1 aliphatic heterocycles. The SMILES string of the molecule is CCCC1CCC(C2COC3CCCCCCCC(C)C3C3C(CCC4CCCCC43)SC2)CC1.CO. The average molecular weight is 535 g/mol. The molecule has 4 aliphatic carbocycles. The van der Waals surface area contributed by atoms with Crippen LogP contribution < -0.4 is 0 Å². The van der Waals surface area contributed by atoms with Crippen LogP contribution in [0.25, 0.3) is 0 Å². The maximum Gasteiger partial charge on any atom is 0.0609 e. The molecule has 0 bridgehead atoms. The van der Waals surface area contributed by atoms with Gasteiger partial charge in [-0.1, -0.05) is 97.3 Å². The van der Waals surface area contributed by atoms with E-state index in [0.29, 0.717) is 6.10 Å². The normalized spacial score (nSPS) is 43.8. The van der Waals surface area contributed by atoms with Crippen molar-refractivity contribution in [3.63, 3.8) is 0 Å². The van der Waals surface area contributed by atoms with Gasteiger partial charge in [-0.25, -0.2) is 0 Å². The van der Waals surface area contributed by atoms with Gasteiger partial charge in [0.25, 0.3) is 0 Å². The maximum absolute atomic E-state index is 7.22. The van der Waals surface area contributed by atoms with Crippen molar-refractivity contribution in [1.29, 1.82) is 0 Å². The second-order valence-electron chi connectivity index (χ2n) is 13.8. The zero-order chi connectivity index (χ0) is 26.0. The first-order valence-corrected chi connectivity index (χ1v) is 18.0. The Balaban J connectivity index is 0.00000156. The molecular formula is C34H62O2S. The minimum absolute atomic E-state index is 0.550. The number of rotatable bonds is 3. The Bertz CT molecular complexity index is 617. The fourth-order valence-electron chi connectivity index (χ4n) is 9.76. The van der Waals surface area contributed by atoms with E-state index >= 15 is 0 Å². The molecule has 8 atom stereocenters. The van der Waals surface area contributed by atoms with Crippen LogP contribution in [0, 0.1) is 47.3 Å². The topological polar surface area (TPSA) is 29.5 Å². The summed E-state index contributed by atoms with van der Waals surface area (Å²) < 4.78 is 7.22. The van der Waals surface area contributed by atoms with Gasteiger partial charge in [-0.2, -0.15) is 11.8 Å². The molecule has 0 spiro atoms. The Labute approximate surface area is 235 Å². The summed E-state index contributed by atoms with van der Waals surface area (Å²) in [4.78, 5) is 0. The first-order chi connectivity index (χ1) is 18.2. The quantitative estimate of drug-likeness (QED) is 0.391. The molecule has 1 saturated heterocycles. The number of hydrogen-bond donors (Lipinski definition) is 1. The monoisotopic (exact) mass is 534 g/mol. The number of aliphatic hydroxyl groups is 1. The molecule has 0 aromatic carbocycles. The van der Waals surface area contributed by atoms with E-state index in [2.05, 4.69) is 25.6 Å². The first kappa shape index (κ1) is 30.2. The summed E-state index contributed by atoms with van der Waals surface area (Å²) in [6.45, 7) is 6.11. The van der Waals surface area contributed by atoms with Crippen LogP contribution >= 0.6 is 11.8 Å². The van der Waals surface area contributed by atoms with Crippen LogP contribution in [0.4, 0.5) is 0 Å². The molecule has 5 fully saturated rings. The second kappa shape index (κ2) is 15.9. The van der Waals surface area contributed by atoms with Crippen molar-refractivity contribution in [3.05, 3.63) is 0 Å². The van der Waals surface area contributed by atoms with Crippen LogP contribution in [0.5, 0.6) is 0 Å². The molecule has 8 unspecified atom stereocenters. The Kier molecular flexibility index (Phi) is 13.0. The van der Waals surface area contributed by atoms with E-state index in [-0.39, 0.29) is 0 Å². The molecule has 37 heavy (non-hydrogen) atoms. The van der Waals surface area contributed by atoms with E-state index in [4.69, 9.17) is 9.84 Å². The van der Waals surface area contributed by atoms with Crippen LogP contribution in [-0.4, -0.2) is 35.9 Å². The van der Waals surface area contributed by atoms with Crippen molar-refractivity contribution in [2.75, 3.05) is 19.5 Å². The molecule has 1 N–H and O–H groups in total. The molecule has 0 aromatic heterocycles. The predicted molar refractivity (Wildman–Crippen MR) is 161 cm³/mol. The van der Waals surface area contributed by atoms with E-state index in [1.807, 2.05) is 0 Å². The molecule has 3 heteroatoms. The van der Waals surface area contributed by atoms with Crippen molar-refractivity contribution in [1.82, 2.24) is 0 Å². The summed E-state index contributed by atoms with van der Waals surface area (Å²) in [6.07, 6.45) is 28.6. The van der Waals surface area contributed by atoms with E-state index in [9.17, 15) is 0 Å². The lowest BCUT2D eigenvalue weighted by Gasteiger charge is -2.51. The smallest absolute Gasteiger partial charge is 0.0609 e. The van der Waals surface area contributed by atoms with Gasteiger partial charge in [0.05, 0.1) is 12.7 Å². The molecule has 0 aromatic rings. The van der Waals surface area contributed by atoms with E-state index in [1.165, 1.54) is 128 Å². The highest BCUT2D eigenvalue weighted by Crippen LogP contribution is 2.54. The standard InChI is InChI=1S/C33H58OS.CH4O/c1-3-11-25-16-18-26(19-17-25)28-22-34-30-15-8-6-4-5-7-12-24(2)32(30)33-29-14-10-9-13-27(29)20-21-31(33)35-23-28;1-2/h24-33H,3-23H2,1-2H3;2H,1H3. The number of ether oxygens (including phenoxy) is 1. The third kappa shape index (κ3) is 7.93. The zero-order valence-electron chi connectivity index (χ0n) is 24.9. The molecule has 4 saturated carbocycles. The number of aliphatic hydroxyl groups excluding tert-OH is 1. The highest BCUT2D eigenvalue weighted by atomic mass is 32.2. The van der Waals surface area contributed by atoms with Crippen molar-refractivity contribution in [2.24, 2.45) is 47.3 Å². The molecule has 1 heterocycles. The molecule has 5 aliphatic rings. The van der Waals surface area contributed by atoms with Crippen LogP contribution in [0.1, 0.15) is 136 Å². The summed E-state index contributed by atoms with van der Waals surface area (Å²) in [7, 11) is 1.00. The Morgan fingerprint density at radius 1 is 0.676 bits per heavy atom. The Morgan fingerprint density at radius 2 is 1.35 bits per heavy atom. The maximum atomic E-state index is 7.22. The van der Waals surface area contributed by atoms with Gasteiger partial charge in [0.15, 0.2) is 0 Å². The summed E-state index contributed by atoms with van der Waals surface area (Å²) in [5.74, 6) is 8.86. The second-order valence-corrected chi connectivity index (χ2v) is 15.1. The Morgan fingerprint density at radius 3 is 2.14 bits per heavy atom. The highest BCUT2D eigenvalue weighted by Gasteiger charge is 2.49. The number of thioether (sulfide) groups is 1. The minimum Gasteiger partial charge on any atom is -0.400 e. The fourth-order valence-corrected chi connectivity index (χ4v) is 11.5. The van der Waals surface area contributed by atoms with E-state index in [0.717, 1.165) is 66.3 Å². The number of hydrogen-bond acceptors (Lipinski definition) is 3. The third-order valence-corrected chi connectivity index (χ3v) is 13.3. The van der Waals surface area contributed by atoms with Gasteiger partial charge in [-0.3, -0.25) is 0 Å². The van der Waals surface area contributed by atoms with Crippen LogP contribution in [0.15, 0.2) is 0 Å². The lowest BCUT2D eigenvalue weighted by molar-refractivity contribution is -0.0770. The molecule has 2 nitrogen and oxygen atoms in total. The van der Waals surface area contributed by atoms with Crippen molar-refractivity contribution < 1.29 is 9.84 Å². The number of fused-ring (bicyclic) bond motifs is 5.